The van der Waals surface area contributed by atoms with Gasteiger partial charge in [-0.1, -0.05) is 12.1 Å². The monoisotopic (exact) mass is 197 g/mol. The molecule has 0 aliphatic carbocycles. The van der Waals surface area contributed by atoms with Gasteiger partial charge >= 0.3 is 5.97 Å². The number of hydrogen-bond acceptors (Lipinski definition) is 4. The molecule has 1 aromatic carbocycles. The highest BCUT2D eigenvalue weighted by atomic mass is 16.4. The predicted molar refractivity (Wildman–Crippen MR) is 49.5 cm³/mol. The maximum absolute atomic E-state index is 10.4. The van der Waals surface area contributed by atoms with Gasteiger partial charge in [0.25, 0.3) is 0 Å². The van der Waals surface area contributed by atoms with E-state index < -0.39 is 18.2 Å². The molecule has 2 atom stereocenters. The van der Waals surface area contributed by atoms with Crippen LogP contribution in [-0.2, 0) is 4.79 Å². The van der Waals surface area contributed by atoms with Gasteiger partial charge in [-0.05, 0) is 17.7 Å². The number of aliphatic hydroxyl groups is 2. The first-order valence-electron chi connectivity index (χ1n) is 3.96. The molecule has 0 fully saturated rings. The van der Waals surface area contributed by atoms with Crippen molar-refractivity contribution in [2.45, 2.75) is 12.2 Å². The number of hydrogen-bond donors (Lipinski definition) is 4. The van der Waals surface area contributed by atoms with Gasteiger partial charge in [0.1, 0.15) is 6.10 Å². The first-order chi connectivity index (χ1) is 6.52. The van der Waals surface area contributed by atoms with Crippen LogP contribution >= 0.6 is 0 Å². The number of aliphatic carboxylic acids is 1. The average molecular weight is 197 g/mol. The third-order valence-electron chi connectivity index (χ3n) is 1.80. The first kappa shape index (κ1) is 10.5. The van der Waals surface area contributed by atoms with Crippen LogP contribution in [0.2, 0.25) is 0 Å². The van der Waals surface area contributed by atoms with Crippen LogP contribution in [0.15, 0.2) is 24.3 Å². The van der Waals surface area contributed by atoms with Crippen molar-refractivity contribution in [2.24, 2.45) is 0 Å². The molecule has 14 heavy (non-hydrogen) atoms. The van der Waals surface area contributed by atoms with E-state index in [4.69, 9.17) is 15.9 Å². The number of anilines is 1. The zero-order valence-electron chi connectivity index (χ0n) is 7.29. The van der Waals surface area contributed by atoms with Crippen molar-refractivity contribution >= 4 is 11.7 Å². The maximum atomic E-state index is 10.4. The van der Waals surface area contributed by atoms with Crippen LogP contribution in [0, 0.1) is 0 Å². The minimum atomic E-state index is -1.84. The molecule has 0 saturated heterocycles. The SMILES string of the molecule is Nc1cccc(C(O)C(O)C(=O)O)c1. The van der Waals surface area contributed by atoms with Crippen molar-refractivity contribution in [3.05, 3.63) is 29.8 Å². The van der Waals surface area contributed by atoms with Crippen molar-refractivity contribution in [1.29, 1.82) is 0 Å². The summed E-state index contributed by atoms with van der Waals surface area (Å²) in [6.45, 7) is 0. The molecular formula is C9H11NO4. The molecule has 0 saturated carbocycles. The standard InChI is InChI=1S/C9H11NO4/c10-6-3-1-2-5(4-6)7(11)8(12)9(13)14/h1-4,7-8,11-12H,10H2,(H,13,14). The average Bonchev–Trinajstić information content (AvgIpc) is 2.15. The van der Waals surface area contributed by atoms with E-state index in [1.807, 2.05) is 0 Å². The van der Waals surface area contributed by atoms with Gasteiger partial charge in [0.2, 0.25) is 0 Å². The van der Waals surface area contributed by atoms with Crippen molar-refractivity contribution in [2.75, 3.05) is 5.73 Å². The molecule has 0 aliphatic rings. The van der Waals surface area contributed by atoms with Crippen LogP contribution in [0.4, 0.5) is 5.69 Å². The summed E-state index contributed by atoms with van der Waals surface area (Å²) < 4.78 is 0. The van der Waals surface area contributed by atoms with Gasteiger partial charge < -0.3 is 21.1 Å². The predicted octanol–water partition coefficient (Wildman–Crippen LogP) is -0.252. The summed E-state index contributed by atoms with van der Waals surface area (Å²) in [6, 6.07) is 6.08. The summed E-state index contributed by atoms with van der Waals surface area (Å²) in [4.78, 5) is 10.4. The quantitative estimate of drug-likeness (QED) is 0.500. The first-order valence-corrected chi connectivity index (χ1v) is 3.96. The molecule has 1 aromatic rings. The number of nitrogen functional groups attached to an aromatic ring is 1. The minimum absolute atomic E-state index is 0.278. The van der Waals surface area contributed by atoms with Gasteiger partial charge in [0.05, 0.1) is 0 Å². The Labute approximate surface area is 80.4 Å². The summed E-state index contributed by atoms with van der Waals surface area (Å²) in [6.07, 6.45) is -3.30. The van der Waals surface area contributed by atoms with Gasteiger partial charge in [-0.15, -0.1) is 0 Å². The zero-order valence-corrected chi connectivity index (χ0v) is 7.29. The Kier molecular flexibility index (Phi) is 3.06. The Morgan fingerprint density at radius 1 is 1.36 bits per heavy atom. The van der Waals surface area contributed by atoms with E-state index in [-0.39, 0.29) is 5.56 Å². The third-order valence-corrected chi connectivity index (χ3v) is 1.80. The van der Waals surface area contributed by atoms with Crippen LogP contribution in [0.5, 0.6) is 0 Å². The van der Waals surface area contributed by atoms with Crippen molar-refractivity contribution in [3.63, 3.8) is 0 Å². The summed E-state index contributed by atoms with van der Waals surface area (Å²) in [7, 11) is 0. The van der Waals surface area contributed by atoms with Gasteiger partial charge in [-0.3, -0.25) is 0 Å². The summed E-state index contributed by atoms with van der Waals surface area (Å²) in [5, 5.41) is 26.9. The number of carboxylic acids is 1. The fourth-order valence-corrected chi connectivity index (χ4v) is 1.06. The van der Waals surface area contributed by atoms with Crippen LogP contribution in [0.3, 0.4) is 0 Å². The van der Waals surface area contributed by atoms with E-state index in [1.165, 1.54) is 12.1 Å². The molecule has 0 radical (unpaired) electrons. The highest BCUT2D eigenvalue weighted by Crippen LogP contribution is 2.19. The minimum Gasteiger partial charge on any atom is -0.479 e. The largest absolute Gasteiger partial charge is 0.479 e. The third kappa shape index (κ3) is 2.21. The molecule has 0 amide bonds. The lowest BCUT2D eigenvalue weighted by Crippen LogP contribution is -2.27. The Morgan fingerprint density at radius 2 is 2.00 bits per heavy atom. The van der Waals surface area contributed by atoms with E-state index >= 15 is 0 Å². The fraction of sp³-hybridized carbons (Fsp3) is 0.222. The molecule has 2 unspecified atom stereocenters. The normalized spacial score (nSPS) is 14.7. The molecular weight excluding hydrogens is 186 g/mol. The fourth-order valence-electron chi connectivity index (χ4n) is 1.06. The summed E-state index contributed by atoms with van der Waals surface area (Å²) >= 11 is 0. The zero-order chi connectivity index (χ0) is 10.7. The molecule has 5 heteroatoms. The van der Waals surface area contributed by atoms with Gasteiger partial charge in [0, 0.05) is 5.69 Å². The van der Waals surface area contributed by atoms with Crippen LogP contribution in [0.25, 0.3) is 0 Å². The molecule has 0 bridgehead atoms. The van der Waals surface area contributed by atoms with Crippen molar-refractivity contribution < 1.29 is 20.1 Å². The lowest BCUT2D eigenvalue weighted by Gasteiger charge is -2.14. The Hall–Kier alpha value is -1.59. The highest BCUT2D eigenvalue weighted by Gasteiger charge is 2.24. The Balaban J connectivity index is 2.89. The number of benzene rings is 1. The summed E-state index contributed by atoms with van der Waals surface area (Å²) in [5.41, 5.74) is 6.11. The lowest BCUT2D eigenvalue weighted by atomic mass is 10.0. The van der Waals surface area contributed by atoms with Crippen LogP contribution < -0.4 is 5.73 Å². The molecule has 5 nitrogen and oxygen atoms in total. The maximum Gasteiger partial charge on any atom is 0.335 e. The number of carbonyl (C=O) groups is 1. The van der Waals surface area contributed by atoms with Crippen LogP contribution in [-0.4, -0.2) is 27.4 Å². The van der Waals surface area contributed by atoms with E-state index in [2.05, 4.69) is 0 Å². The van der Waals surface area contributed by atoms with E-state index in [0.717, 1.165) is 0 Å². The highest BCUT2D eigenvalue weighted by molar-refractivity contribution is 5.73. The molecule has 5 N–H and O–H groups in total. The van der Waals surface area contributed by atoms with E-state index in [0.29, 0.717) is 5.69 Å². The molecule has 76 valence electrons. The topological polar surface area (TPSA) is 104 Å². The van der Waals surface area contributed by atoms with E-state index in [1.54, 1.807) is 12.1 Å². The second kappa shape index (κ2) is 4.08. The number of carboxylic acid groups (broad SMARTS) is 1. The summed E-state index contributed by atoms with van der Waals surface area (Å²) in [5.74, 6) is -1.47. The number of rotatable bonds is 3. The molecule has 0 spiro atoms. The Bertz CT molecular complexity index is 339. The van der Waals surface area contributed by atoms with Crippen molar-refractivity contribution in [3.8, 4) is 0 Å². The van der Waals surface area contributed by atoms with Gasteiger partial charge in [0.15, 0.2) is 6.10 Å². The molecule has 0 aromatic heterocycles. The number of nitrogens with two attached hydrogens (primary N) is 1. The van der Waals surface area contributed by atoms with Crippen LogP contribution in [0.1, 0.15) is 11.7 Å². The molecule has 1 rings (SSSR count). The molecule has 0 aliphatic heterocycles. The smallest absolute Gasteiger partial charge is 0.335 e. The van der Waals surface area contributed by atoms with Crippen molar-refractivity contribution in [1.82, 2.24) is 0 Å². The Morgan fingerprint density at radius 3 is 2.50 bits per heavy atom. The van der Waals surface area contributed by atoms with Gasteiger partial charge in [-0.25, -0.2) is 4.79 Å². The second-order valence-electron chi connectivity index (χ2n) is 2.90. The van der Waals surface area contributed by atoms with Gasteiger partial charge in [-0.2, -0.15) is 0 Å². The lowest BCUT2D eigenvalue weighted by molar-refractivity contribution is -0.153. The number of aliphatic hydroxyl groups excluding tert-OH is 2. The second-order valence-corrected chi connectivity index (χ2v) is 2.90. The van der Waals surface area contributed by atoms with E-state index in [9.17, 15) is 9.90 Å². The molecule has 0 heterocycles.